The molecule has 1 amide bonds. The predicted molar refractivity (Wildman–Crippen MR) is 52.4 cm³/mol. The lowest BCUT2D eigenvalue weighted by molar-refractivity contribution is -0.132. The van der Waals surface area contributed by atoms with E-state index in [0.717, 1.165) is 0 Å². The minimum absolute atomic E-state index is 0.0328. The summed E-state index contributed by atoms with van der Waals surface area (Å²) >= 11 is 5.46. The first-order valence-corrected chi connectivity index (χ1v) is 4.44. The third-order valence-corrected chi connectivity index (χ3v) is 1.77. The molecule has 0 aromatic rings. The van der Waals surface area contributed by atoms with Gasteiger partial charge in [0.2, 0.25) is 5.91 Å². The molecule has 2 nitrogen and oxygen atoms in total. The molecule has 0 radical (unpaired) electrons. The molecule has 0 saturated heterocycles. The minimum Gasteiger partial charge on any atom is -0.333 e. The standard InChI is InChI=1S/C9H16ClNO/c1-5-6-11(8(12)7-10)9(2,3)4/h5H,1,6-7H2,2-4H3. The molecule has 0 heterocycles. The molecule has 0 fully saturated rings. The Morgan fingerprint density at radius 1 is 1.58 bits per heavy atom. The normalized spacial score (nSPS) is 11.0. The summed E-state index contributed by atoms with van der Waals surface area (Å²) in [6.45, 7) is 10.1. The van der Waals surface area contributed by atoms with Crippen molar-refractivity contribution in [2.75, 3.05) is 12.4 Å². The quantitative estimate of drug-likeness (QED) is 0.492. The lowest BCUT2D eigenvalue weighted by Crippen LogP contribution is -2.46. The van der Waals surface area contributed by atoms with Crippen molar-refractivity contribution in [1.29, 1.82) is 0 Å². The second-order valence-corrected chi connectivity index (χ2v) is 3.86. The monoisotopic (exact) mass is 189 g/mol. The van der Waals surface area contributed by atoms with Gasteiger partial charge in [0.05, 0.1) is 0 Å². The highest BCUT2D eigenvalue weighted by Crippen LogP contribution is 2.13. The van der Waals surface area contributed by atoms with Crippen LogP contribution in [0.15, 0.2) is 12.7 Å². The zero-order valence-electron chi connectivity index (χ0n) is 7.93. The minimum atomic E-state index is -0.180. The van der Waals surface area contributed by atoms with Gasteiger partial charge in [-0.3, -0.25) is 4.79 Å². The fourth-order valence-corrected chi connectivity index (χ4v) is 1.10. The Labute approximate surface area is 79.2 Å². The van der Waals surface area contributed by atoms with Crippen molar-refractivity contribution in [1.82, 2.24) is 4.90 Å². The van der Waals surface area contributed by atoms with E-state index in [1.54, 1.807) is 11.0 Å². The van der Waals surface area contributed by atoms with E-state index in [0.29, 0.717) is 6.54 Å². The smallest absolute Gasteiger partial charge is 0.238 e. The number of halogens is 1. The van der Waals surface area contributed by atoms with Crippen LogP contribution in [0.1, 0.15) is 20.8 Å². The molecule has 0 aromatic heterocycles. The molecule has 0 saturated carbocycles. The van der Waals surface area contributed by atoms with Crippen molar-refractivity contribution in [3.05, 3.63) is 12.7 Å². The lowest BCUT2D eigenvalue weighted by Gasteiger charge is -2.34. The molecule has 0 aliphatic carbocycles. The summed E-state index contributed by atoms with van der Waals surface area (Å²) in [4.78, 5) is 13.0. The maximum atomic E-state index is 11.3. The largest absolute Gasteiger partial charge is 0.333 e. The van der Waals surface area contributed by atoms with Crippen LogP contribution in [0.2, 0.25) is 0 Å². The van der Waals surface area contributed by atoms with Gasteiger partial charge >= 0.3 is 0 Å². The number of carbonyl (C=O) groups excluding carboxylic acids is 1. The van der Waals surface area contributed by atoms with Gasteiger partial charge < -0.3 is 4.90 Å². The van der Waals surface area contributed by atoms with Crippen LogP contribution < -0.4 is 0 Å². The Hall–Kier alpha value is -0.500. The van der Waals surface area contributed by atoms with Crippen LogP contribution in [0.25, 0.3) is 0 Å². The number of rotatable bonds is 3. The molecule has 0 aromatic carbocycles. The van der Waals surface area contributed by atoms with Crippen LogP contribution in [0.3, 0.4) is 0 Å². The summed E-state index contributed by atoms with van der Waals surface area (Å²) in [6.07, 6.45) is 1.70. The fourth-order valence-electron chi connectivity index (χ4n) is 0.951. The van der Waals surface area contributed by atoms with Gasteiger partial charge in [0.15, 0.2) is 0 Å². The van der Waals surface area contributed by atoms with E-state index in [2.05, 4.69) is 6.58 Å². The number of amides is 1. The Morgan fingerprint density at radius 2 is 2.08 bits per heavy atom. The Kier molecular flexibility index (Phi) is 4.32. The molecule has 0 bridgehead atoms. The van der Waals surface area contributed by atoms with Crippen LogP contribution in [0, 0.1) is 0 Å². The fraction of sp³-hybridized carbons (Fsp3) is 0.667. The molecule has 0 unspecified atom stereocenters. The van der Waals surface area contributed by atoms with Gasteiger partial charge in [-0.2, -0.15) is 0 Å². The molecule has 0 N–H and O–H groups in total. The van der Waals surface area contributed by atoms with E-state index in [1.165, 1.54) is 0 Å². The number of carbonyl (C=O) groups is 1. The summed E-state index contributed by atoms with van der Waals surface area (Å²) in [5.74, 6) is -0.0189. The van der Waals surface area contributed by atoms with E-state index in [1.807, 2.05) is 20.8 Å². The third-order valence-electron chi connectivity index (χ3n) is 1.54. The maximum Gasteiger partial charge on any atom is 0.238 e. The summed E-state index contributed by atoms with van der Waals surface area (Å²) < 4.78 is 0. The van der Waals surface area contributed by atoms with E-state index in [4.69, 9.17) is 11.6 Å². The van der Waals surface area contributed by atoms with E-state index in [-0.39, 0.29) is 17.3 Å². The van der Waals surface area contributed by atoms with Crippen molar-refractivity contribution in [3.63, 3.8) is 0 Å². The van der Waals surface area contributed by atoms with Gasteiger partial charge in [-0.25, -0.2) is 0 Å². The van der Waals surface area contributed by atoms with Crippen LogP contribution >= 0.6 is 11.6 Å². The molecule has 12 heavy (non-hydrogen) atoms. The van der Waals surface area contributed by atoms with Gasteiger partial charge in [0.25, 0.3) is 0 Å². The molecule has 0 spiro atoms. The van der Waals surface area contributed by atoms with Gasteiger partial charge in [0, 0.05) is 12.1 Å². The highest BCUT2D eigenvalue weighted by Gasteiger charge is 2.23. The Balaban J connectivity index is 4.43. The van der Waals surface area contributed by atoms with Crippen molar-refractivity contribution >= 4 is 17.5 Å². The lowest BCUT2D eigenvalue weighted by atomic mass is 10.1. The summed E-state index contributed by atoms with van der Waals surface area (Å²) in [7, 11) is 0. The molecule has 3 heteroatoms. The number of alkyl halides is 1. The van der Waals surface area contributed by atoms with Gasteiger partial charge in [-0.15, -0.1) is 18.2 Å². The first kappa shape index (κ1) is 11.5. The molecular formula is C9H16ClNO. The van der Waals surface area contributed by atoms with E-state index >= 15 is 0 Å². The first-order valence-electron chi connectivity index (χ1n) is 3.90. The second kappa shape index (κ2) is 4.51. The predicted octanol–water partition coefficient (Wildman–Crippen LogP) is 2.04. The highest BCUT2D eigenvalue weighted by molar-refractivity contribution is 6.27. The van der Waals surface area contributed by atoms with Crippen LogP contribution in [0.5, 0.6) is 0 Å². The van der Waals surface area contributed by atoms with Crippen LogP contribution in [-0.4, -0.2) is 28.8 Å². The number of hydrogen-bond acceptors (Lipinski definition) is 1. The summed E-state index contributed by atoms with van der Waals surface area (Å²) in [5, 5.41) is 0. The Bertz CT molecular complexity index is 172. The van der Waals surface area contributed by atoms with Crippen molar-refractivity contribution in [2.45, 2.75) is 26.3 Å². The van der Waals surface area contributed by atoms with E-state index in [9.17, 15) is 4.79 Å². The van der Waals surface area contributed by atoms with Crippen molar-refractivity contribution in [3.8, 4) is 0 Å². The maximum absolute atomic E-state index is 11.3. The zero-order chi connectivity index (χ0) is 9.78. The van der Waals surface area contributed by atoms with Gasteiger partial charge in [-0.1, -0.05) is 6.08 Å². The van der Waals surface area contributed by atoms with E-state index < -0.39 is 0 Å². The molecule has 70 valence electrons. The zero-order valence-corrected chi connectivity index (χ0v) is 8.69. The molecule has 0 aliphatic heterocycles. The molecule has 0 atom stereocenters. The van der Waals surface area contributed by atoms with Gasteiger partial charge in [-0.05, 0) is 20.8 Å². The topological polar surface area (TPSA) is 20.3 Å². The summed E-state index contributed by atoms with van der Waals surface area (Å²) in [5.41, 5.74) is -0.180. The molecule has 0 rings (SSSR count). The highest BCUT2D eigenvalue weighted by atomic mass is 35.5. The first-order chi connectivity index (χ1) is 5.43. The average molecular weight is 190 g/mol. The average Bonchev–Trinajstić information content (AvgIpc) is 1.96. The number of hydrogen-bond donors (Lipinski definition) is 0. The van der Waals surface area contributed by atoms with Gasteiger partial charge in [0.1, 0.15) is 5.88 Å². The van der Waals surface area contributed by atoms with Crippen molar-refractivity contribution in [2.24, 2.45) is 0 Å². The molecule has 0 aliphatic rings. The van der Waals surface area contributed by atoms with Crippen LogP contribution in [-0.2, 0) is 4.79 Å². The summed E-state index contributed by atoms with van der Waals surface area (Å²) in [6, 6.07) is 0. The third kappa shape index (κ3) is 3.26. The second-order valence-electron chi connectivity index (χ2n) is 3.60. The van der Waals surface area contributed by atoms with Crippen molar-refractivity contribution < 1.29 is 4.79 Å². The number of nitrogens with zero attached hydrogens (tertiary/aromatic N) is 1. The van der Waals surface area contributed by atoms with Crippen LogP contribution in [0.4, 0.5) is 0 Å². The SMILES string of the molecule is C=CCN(C(=O)CCl)C(C)(C)C. The molecular weight excluding hydrogens is 174 g/mol. The Morgan fingerprint density at radius 3 is 2.33 bits per heavy atom.